The lowest BCUT2D eigenvalue weighted by molar-refractivity contribution is -0.126. The summed E-state index contributed by atoms with van der Waals surface area (Å²) in [6, 6.07) is 20.7. The number of amidine groups is 1. The van der Waals surface area contributed by atoms with Crippen LogP contribution in [0.1, 0.15) is 35.6 Å². The molecule has 0 N–H and O–H groups in total. The Kier molecular flexibility index (Phi) is 6.00. The second kappa shape index (κ2) is 8.84. The maximum absolute atomic E-state index is 13.0. The van der Waals surface area contributed by atoms with E-state index in [0.717, 1.165) is 28.5 Å². The predicted octanol–water partition coefficient (Wildman–Crippen LogP) is 5.70. The number of fused-ring (bicyclic) bond motifs is 1. The number of nitrogens with zero attached hydrogens (tertiary/aromatic N) is 3. The summed E-state index contributed by atoms with van der Waals surface area (Å²) in [5.74, 6) is 0.107. The highest BCUT2D eigenvalue weighted by Crippen LogP contribution is 2.32. The fraction of sp³-hybridized carbons (Fsp3) is 0.240. The van der Waals surface area contributed by atoms with E-state index in [1.54, 1.807) is 11.1 Å². The highest BCUT2D eigenvalue weighted by molar-refractivity contribution is 8.15. The molecule has 1 amide bonds. The Morgan fingerprint density at radius 1 is 1.07 bits per heavy atom. The molecule has 1 fully saturated rings. The van der Waals surface area contributed by atoms with Gasteiger partial charge in [0.15, 0.2) is 5.17 Å². The van der Waals surface area contributed by atoms with Gasteiger partial charge in [0.1, 0.15) is 0 Å². The minimum atomic E-state index is -0.102. The molecule has 0 spiro atoms. The van der Waals surface area contributed by atoms with E-state index in [1.165, 1.54) is 22.7 Å². The van der Waals surface area contributed by atoms with Gasteiger partial charge in [0.05, 0.1) is 18.0 Å². The van der Waals surface area contributed by atoms with Crippen molar-refractivity contribution >= 4 is 39.8 Å². The van der Waals surface area contributed by atoms with Gasteiger partial charge < -0.3 is 0 Å². The van der Waals surface area contributed by atoms with Crippen LogP contribution >= 0.6 is 11.8 Å². The Balaban J connectivity index is 1.63. The molecule has 5 heteroatoms. The molecule has 0 saturated carbocycles. The topological polar surface area (TPSA) is 45.0 Å². The van der Waals surface area contributed by atoms with E-state index < -0.39 is 0 Å². The molecule has 4 nitrogen and oxygen atoms in total. The Morgan fingerprint density at radius 3 is 2.67 bits per heavy atom. The van der Waals surface area contributed by atoms with Crippen LogP contribution in [0.4, 0.5) is 0 Å². The highest BCUT2D eigenvalue weighted by atomic mass is 32.2. The van der Waals surface area contributed by atoms with Crippen LogP contribution in [0.3, 0.4) is 0 Å². The third kappa shape index (κ3) is 4.17. The van der Waals surface area contributed by atoms with Crippen LogP contribution in [0.15, 0.2) is 70.9 Å². The molecule has 152 valence electrons. The van der Waals surface area contributed by atoms with Crippen molar-refractivity contribution in [1.82, 2.24) is 4.90 Å². The zero-order valence-corrected chi connectivity index (χ0v) is 18.3. The lowest BCUT2D eigenvalue weighted by Gasteiger charge is -2.17. The van der Waals surface area contributed by atoms with Gasteiger partial charge in [0, 0.05) is 0 Å². The first-order valence-corrected chi connectivity index (χ1v) is 11.1. The van der Waals surface area contributed by atoms with E-state index in [2.05, 4.69) is 60.4 Å². The molecule has 0 aromatic heterocycles. The maximum atomic E-state index is 13.0. The van der Waals surface area contributed by atoms with Crippen LogP contribution in [-0.2, 0) is 11.3 Å². The summed E-state index contributed by atoms with van der Waals surface area (Å²) in [6.45, 7) is 6.68. The van der Waals surface area contributed by atoms with Gasteiger partial charge in [0.2, 0.25) is 5.91 Å². The van der Waals surface area contributed by atoms with Crippen molar-refractivity contribution in [3.63, 3.8) is 0 Å². The van der Waals surface area contributed by atoms with Gasteiger partial charge in [-0.3, -0.25) is 9.69 Å². The molecule has 30 heavy (non-hydrogen) atoms. The summed E-state index contributed by atoms with van der Waals surface area (Å²) >= 11 is 1.51. The van der Waals surface area contributed by atoms with Crippen molar-refractivity contribution < 1.29 is 4.79 Å². The van der Waals surface area contributed by atoms with Gasteiger partial charge in [-0.05, 0) is 47.7 Å². The van der Waals surface area contributed by atoms with Gasteiger partial charge in [-0.15, -0.1) is 5.10 Å². The third-order valence-corrected chi connectivity index (χ3v) is 6.70. The number of thioether (sulfide) groups is 1. The summed E-state index contributed by atoms with van der Waals surface area (Å²) in [5.41, 5.74) is 4.53. The van der Waals surface area contributed by atoms with Crippen LogP contribution in [-0.4, -0.2) is 27.4 Å². The Morgan fingerprint density at radius 2 is 1.87 bits per heavy atom. The van der Waals surface area contributed by atoms with E-state index in [-0.39, 0.29) is 11.2 Å². The molecule has 1 heterocycles. The Bertz CT molecular complexity index is 1150. The van der Waals surface area contributed by atoms with Crippen LogP contribution in [0.25, 0.3) is 10.8 Å². The minimum Gasteiger partial charge on any atom is -0.284 e. The van der Waals surface area contributed by atoms with Crippen LogP contribution < -0.4 is 0 Å². The van der Waals surface area contributed by atoms with Crippen LogP contribution in [0.5, 0.6) is 0 Å². The van der Waals surface area contributed by atoms with E-state index in [4.69, 9.17) is 0 Å². The number of amides is 1. The summed E-state index contributed by atoms with van der Waals surface area (Å²) < 4.78 is 0. The fourth-order valence-corrected chi connectivity index (χ4v) is 4.73. The molecule has 1 aliphatic rings. The molecule has 0 bridgehead atoms. The molecular weight excluding hydrogens is 390 g/mol. The predicted molar refractivity (Wildman–Crippen MR) is 127 cm³/mol. The van der Waals surface area contributed by atoms with E-state index in [1.807, 2.05) is 31.2 Å². The first-order valence-electron chi connectivity index (χ1n) is 10.2. The quantitative estimate of drug-likeness (QED) is 0.396. The number of carbonyl (C=O) groups is 1. The first kappa shape index (κ1) is 20.4. The van der Waals surface area contributed by atoms with Crippen molar-refractivity contribution in [3.05, 3.63) is 82.9 Å². The molecule has 1 atom stereocenters. The van der Waals surface area contributed by atoms with E-state index >= 15 is 0 Å². The average Bonchev–Trinajstić information content (AvgIpc) is 3.05. The molecule has 3 aromatic rings. The van der Waals surface area contributed by atoms with Crippen molar-refractivity contribution in [2.24, 2.45) is 10.2 Å². The number of benzene rings is 3. The molecule has 3 aromatic carbocycles. The Hall–Kier alpha value is -2.92. The van der Waals surface area contributed by atoms with E-state index in [9.17, 15) is 4.79 Å². The number of hydrogen-bond acceptors (Lipinski definition) is 4. The lowest BCUT2D eigenvalue weighted by Crippen LogP contribution is -2.31. The summed E-state index contributed by atoms with van der Waals surface area (Å²) in [7, 11) is 0. The van der Waals surface area contributed by atoms with Crippen molar-refractivity contribution in [1.29, 1.82) is 0 Å². The molecule has 1 aliphatic heterocycles. The summed E-state index contributed by atoms with van der Waals surface area (Å²) in [5, 5.41) is 11.7. The van der Waals surface area contributed by atoms with Crippen molar-refractivity contribution in [2.45, 2.75) is 39.0 Å². The highest BCUT2D eigenvalue weighted by Gasteiger charge is 2.37. The van der Waals surface area contributed by atoms with Crippen molar-refractivity contribution in [2.75, 3.05) is 0 Å². The van der Waals surface area contributed by atoms with Crippen molar-refractivity contribution in [3.8, 4) is 0 Å². The average molecular weight is 416 g/mol. The number of hydrogen-bond donors (Lipinski definition) is 0. The standard InChI is InChI=1S/C25H25N3OS/c1-4-23-24(29)28(16-21-10-7-9-19-8-5-6-11-22(19)21)25(30-23)27-26-15-20-13-12-17(2)14-18(20)3/h5-15,23H,4,16H2,1-3H3/b26-15-,27-25+/t23-/m1/s1. The first-order chi connectivity index (χ1) is 14.6. The maximum Gasteiger partial charge on any atom is 0.242 e. The number of aryl methyl sites for hydroxylation is 2. The fourth-order valence-electron chi connectivity index (χ4n) is 3.70. The van der Waals surface area contributed by atoms with Gasteiger partial charge in [-0.1, -0.05) is 84.9 Å². The van der Waals surface area contributed by atoms with Gasteiger partial charge in [-0.2, -0.15) is 5.10 Å². The monoisotopic (exact) mass is 415 g/mol. The van der Waals surface area contributed by atoms with Gasteiger partial charge in [0.25, 0.3) is 0 Å². The molecule has 0 radical (unpaired) electrons. The zero-order valence-electron chi connectivity index (χ0n) is 17.5. The molecule has 1 saturated heterocycles. The molecule has 0 aliphatic carbocycles. The second-order valence-corrected chi connectivity index (χ2v) is 8.73. The minimum absolute atomic E-state index is 0.102. The normalized spacial score (nSPS) is 18.2. The Labute approximate surface area is 181 Å². The number of rotatable bonds is 5. The van der Waals surface area contributed by atoms with Crippen LogP contribution in [0.2, 0.25) is 0 Å². The third-order valence-electron chi connectivity index (χ3n) is 5.36. The van der Waals surface area contributed by atoms with Crippen LogP contribution in [0, 0.1) is 13.8 Å². The smallest absolute Gasteiger partial charge is 0.242 e. The SMILES string of the molecule is CC[C@H]1S/C(=N/N=C\c2ccc(C)cc2C)N(Cc2cccc3ccccc23)C1=O. The molecular formula is C25H25N3OS. The van der Waals surface area contributed by atoms with Gasteiger partial charge in [-0.25, -0.2) is 0 Å². The molecule has 4 rings (SSSR count). The van der Waals surface area contributed by atoms with Gasteiger partial charge >= 0.3 is 0 Å². The number of carbonyl (C=O) groups excluding carboxylic acids is 1. The van der Waals surface area contributed by atoms with E-state index in [0.29, 0.717) is 11.7 Å². The molecule has 0 unspecified atom stereocenters. The lowest BCUT2D eigenvalue weighted by atomic mass is 10.0. The second-order valence-electron chi connectivity index (χ2n) is 7.56. The largest absolute Gasteiger partial charge is 0.284 e. The summed E-state index contributed by atoms with van der Waals surface area (Å²) in [4.78, 5) is 14.8. The summed E-state index contributed by atoms with van der Waals surface area (Å²) in [6.07, 6.45) is 2.54. The zero-order chi connectivity index (χ0) is 21.1.